The van der Waals surface area contributed by atoms with Gasteiger partial charge in [-0.1, -0.05) is 127 Å². The van der Waals surface area contributed by atoms with Gasteiger partial charge in [0.25, 0.3) is 0 Å². The summed E-state index contributed by atoms with van der Waals surface area (Å²) >= 11 is 0. The highest BCUT2D eigenvalue weighted by atomic mass is 16.3. The van der Waals surface area contributed by atoms with E-state index in [-0.39, 0.29) is 0 Å². The molecule has 6 aromatic carbocycles. The van der Waals surface area contributed by atoms with Gasteiger partial charge in [0.1, 0.15) is 11.3 Å². The maximum absolute atomic E-state index is 6.65. The Balaban J connectivity index is 1.20. The van der Waals surface area contributed by atoms with Crippen molar-refractivity contribution < 1.29 is 4.42 Å². The zero-order chi connectivity index (χ0) is 28.8. The van der Waals surface area contributed by atoms with Crippen molar-refractivity contribution in [2.24, 2.45) is 0 Å². The molecular weight excluding hydrogens is 534 g/mol. The van der Waals surface area contributed by atoms with Crippen molar-refractivity contribution in [3.8, 4) is 44.7 Å². The molecule has 0 amide bonds. The second kappa shape index (κ2) is 8.65. The molecule has 2 nitrogen and oxygen atoms in total. The van der Waals surface area contributed by atoms with Gasteiger partial charge in [0.2, 0.25) is 0 Å². The summed E-state index contributed by atoms with van der Waals surface area (Å²) in [6.07, 6.45) is 1.87. The lowest BCUT2D eigenvalue weighted by atomic mass is 9.70. The average Bonchev–Trinajstić information content (AvgIpc) is 3.71. The first-order valence-electron chi connectivity index (χ1n) is 15.1. The molecule has 1 spiro atoms. The molecule has 0 radical (unpaired) electrons. The normalized spacial score (nSPS) is 15.8. The number of fused-ring (bicyclic) bond motifs is 13. The topological polar surface area (TPSA) is 26.0 Å². The van der Waals surface area contributed by atoms with E-state index in [1.165, 1.54) is 61.0 Å². The molecule has 0 bridgehead atoms. The van der Waals surface area contributed by atoms with Gasteiger partial charge in [0, 0.05) is 33.7 Å². The average molecular weight is 560 g/mol. The monoisotopic (exact) mass is 559 g/mol. The van der Waals surface area contributed by atoms with Gasteiger partial charge in [-0.3, -0.25) is 4.98 Å². The van der Waals surface area contributed by atoms with Gasteiger partial charge in [-0.05, 0) is 62.7 Å². The van der Waals surface area contributed by atoms with Gasteiger partial charge in [-0.25, -0.2) is 0 Å². The van der Waals surface area contributed by atoms with E-state index in [2.05, 4.69) is 145 Å². The fourth-order valence-corrected chi connectivity index (χ4v) is 7.95. The van der Waals surface area contributed by atoms with Gasteiger partial charge in [0.05, 0.1) is 10.9 Å². The van der Waals surface area contributed by atoms with Crippen LogP contribution in [0.15, 0.2) is 156 Å². The third-order valence-electron chi connectivity index (χ3n) is 9.75. The molecule has 44 heavy (non-hydrogen) atoms. The van der Waals surface area contributed by atoms with Crippen molar-refractivity contribution in [2.75, 3.05) is 0 Å². The molecule has 1 unspecified atom stereocenters. The van der Waals surface area contributed by atoms with E-state index in [0.717, 1.165) is 27.8 Å². The Hall–Kier alpha value is -5.73. The first-order chi connectivity index (χ1) is 21.8. The molecule has 8 aromatic rings. The number of rotatable bonds is 2. The van der Waals surface area contributed by atoms with E-state index < -0.39 is 5.41 Å². The highest BCUT2D eigenvalue weighted by Gasteiger charge is 2.54. The van der Waals surface area contributed by atoms with E-state index in [9.17, 15) is 0 Å². The zero-order valence-corrected chi connectivity index (χ0v) is 23.8. The molecule has 0 fully saturated rings. The largest absolute Gasteiger partial charge is 0.456 e. The second-order valence-electron chi connectivity index (χ2n) is 11.9. The fraction of sp³-hybridized carbons (Fsp3) is 0.0238. The van der Waals surface area contributed by atoms with E-state index >= 15 is 0 Å². The number of benzene rings is 6. The van der Waals surface area contributed by atoms with Crippen LogP contribution in [0.25, 0.3) is 66.6 Å². The first kappa shape index (κ1) is 23.8. The third-order valence-corrected chi connectivity index (χ3v) is 9.75. The van der Waals surface area contributed by atoms with Crippen molar-refractivity contribution in [3.63, 3.8) is 0 Å². The standard InChI is InChI=1S/C42H25NO/c1-4-15-35-31(11-1)32-23-22-29(26-18-20-27(21-19-26)30-14-7-9-28-10-8-24-43-40(28)30)25-37(32)42(35)36-16-5-2-12-33(36)41-39(42)34-13-3-6-17-38(34)44-41/h1-25H. The van der Waals surface area contributed by atoms with Crippen LogP contribution in [0.3, 0.4) is 0 Å². The van der Waals surface area contributed by atoms with E-state index in [4.69, 9.17) is 4.42 Å². The Bertz CT molecular complexity index is 2440. The second-order valence-corrected chi connectivity index (χ2v) is 11.9. The Morgan fingerprint density at radius 2 is 1.14 bits per heavy atom. The quantitative estimate of drug-likeness (QED) is 0.211. The number of aromatic nitrogens is 1. The smallest absolute Gasteiger partial charge is 0.140 e. The molecule has 204 valence electrons. The number of para-hydroxylation sites is 2. The summed E-state index contributed by atoms with van der Waals surface area (Å²) in [6, 6.07) is 52.7. The van der Waals surface area contributed by atoms with Crippen LogP contribution in [0.2, 0.25) is 0 Å². The highest BCUT2D eigenvalue weighted by Crippen LogP contribution is 2.65. The van der Waals surface area contributed by atoms with E-state index in [0.29, 0.717) is 0 Å². The molecule has 2 aromatic heterocycles. The molecule has 2 heteroatoms. The molecule has 2 heterocycles. The van der Waals surface area contributed by atoms with Crippen LogP contribution in [-0.4, -0.2) is 4.98 Å². The number of furan rings is 1. The fourth-order valence-electron chi connectivity index (χ4n) is 7.95. The summed E-state index contributed by atoms with van der Waals surface area (Å²) in [5, 5.41) is 2.33. The molecule has 2 aliphatic carbocycles. The van der Waals surface area contributed by atoms with Crippen LogP contribution in [0.4, 0.5) is 0 Å². The minimum Gasteiger partial charge on any atom is -0.456 e. The van der Waals surface area contributed by atoms with Crippen LogP contribution in [0.1, 0.15) is 22.3 Å². The van der Waals surface area contributed by atoms with E-state index in [1.807, 2.05) is 12.3 Å². The molecule has 1 atom stereocenters. The van der Waals surface area contributed by atoms with Crippen molar-refractivity contribution in [2.45, 2.75) is 5.41 Å². The Kier molecular flexibility index (Phi) is 4.68. The summed E-state index contributed by atoms with van der Waals surface area (Å²) in [5.41, 5.74) is 15.2. The summed E-state index contributed by atoms with van der Waals surface area (Å²) < 4.78 is 6.65. The van der Waals surface area contributed by atoms with Crippen LogP contribution in [0, 0.1) is 0 Å². The molecule has 0 saturated heterocycles. The molecule has 10 rings (SSSR count). The van der Waals surface area contributed by atoms with Crippen molar-refractivity contribution in [1.82, 2.24) is 4.98 Å². The summed E-state index contributed by atoms with van der Waals surface area (Å²) in [7, 11) is 0. The van der Waals surface area contributed by atoms with Gasteiger partial charge >= 0.3 is 0 Å². The predicted molar refractivity (Wildman–Crippen MR) is 179 cm³/mol. The van der Waals surface area contributed by atoms with Gasteiger partial charge in [-0.2, -0.15) is 0 Å². The Morgan fingerprint density at radius 3 is 2.02 bits per heavy atom. The van der Waals surface area contributed by atoms with Crippen molar-refractivity contribution >= 4 is 21.9 Å². The van der Waals surface area contributed by atoms with Crippen molar-refractivity contribution in [3.05, 3.63) is 174 Å². The number of pyridine rings is 1. The SMILES string of the molecule is c1ccc2c(c1)-c1ccc(-c3ccc(-c4cccc5cccnc45)cc3)cc1C21c2ccccc2-c2oc3ccccc3c21. The Labute approximate surface area is 254 Å². The lowest BCUT2D eigenvalue weighted by molar-refractivity contribution is 0.628. The maximum atomic E-state index is 6.65. The third kappa shape index (κ3) is 2.97. The summed E-state index contributed by atoms with van der Waals surface area (Å²) in [5.74, 6) is 0.989. The number of hydrogen-bond donors (Lipinski definition) is 0. The minimum absolute atomic E-state index is 0.449. The minimum atomic E-state index is -0.449. The lowest BCUT2D eigenvalue weighted by Crippen LogP contribution is -2.25. The van der Waals surface area contributed by atoms with Crippen LogP contribution >= 0.6 is 0 Å². The van der Waals surface area contributed by atoms with Crippen LogP contribution in [-0.2, 0) is 5.41 Å². The lowest BCUT2D eigenvalue weighted by Gasteiger charge is -2.30. The zero-order valence-electron chi connectivity index (χ0n) is 23.8. The first-order valence-corrected chi connectivity index (χ1v) is 15.1. The van der Waals surface area contributed by atoms with Crippen LogP contribution < -0.4 is 0 Å². The van der Waals surface area contributed by atoms with Gasteiger partial charge in [0.15, 0.2) is 0 Å². The summed E-state index contributed by atoms with van der Waals surface area (Å²) in [4.78, 5) is 4.68. The predicted octanol–water partition coefficient (Wildman–Crippen LogP) is 10.7. The van der Waals surface area contributed by atoms with Gasteiger partial charge < -0.3 is 4.42 Å². The summed E-state index contributed by atoms with van der Waals surface area (Å²) in [6.45, 7) is 0. The molecular formula is C42H25NO. The van der Waals surface area contributed by atoms with Crippen LogP contribution in [0.5, 0.6) is 0 Å². The Morgan fingerprint density at radius 1 is 0.477 bits per heavy atom. The molecule has 0 saturated carbocycles. The highest BCUT2D eigenvalue weighted by molar-refractivity contribution is 6.02. The number of hydrogen-bond acceptors (Lipinski definition) is 2. The molecule has 0 aliphatic heterocycles. The molecule has 0 N–H and O–H groups in total. The molecule has 2 aliphatic rings. The number of nitrogens with zero attached hydrogens (tertiary/aromatic N) is 1. The van der Waals surface area contributed by atoms with Gasteiger partial charge in [-0.15, -0.1) is 0 Å². The van der Waals surface area contributed by atoms with Crippen molar-refractivity contribution in [1.29, 1.82) is 0 Å². The van der Waals surface area contributed by atoms with E-state index in [1.54, 1.807) is 0 Å². The maximum Gasteiger partial charge on any atom is 0.140 e.